The van der Waals surface area contributed by atoms with Crippen LogP contribution in [0.4, 0.5) is 34.1 Å². The van der Waals surface area contributed by atoms with E-state index in [1.165, 1.54) is 38.9 Å². The molecule has 0 atom stereocenters. The largest absolute Gasteiger partial charge is 0.310 e. The van der Waals surface area contributed by atoms with E-state index < -0.39 is 44.6 Å². The molecule has 0 spiro atoms. The predicted molar refractivity (Wildman–Crippen MR) is 594 cm³/mol. The zero-order chi connectivity index (χ0) is 106. The minimum atomic E-state index is -1.08. The molecular weight excluding hydrogens is 1630 g/mol. The highest BCUT2D eigenvalue weighted by molar-refractivity contribution is 7.00. The summed E-state index contributed by atoms with van der Waals surface area (Å²) in [5, 5.41) is 4.50. The second-order valence-electron chi connectivity index (χ2n) is 53.1. The number of hydrogen-bond acceptors (Lipinski definition) is 2. The molecule has 13 aromatic carbocycles. The van der Waals surface area contributed by atoms with E-state index in [-0.39, 0.29) is 126 Å². The normalized spacial score (nSPS) is 15.1. The van der Waals surface area contributed by atoms with Crippen LogP contribution in [0.1, 0.15) is 355 Å². The number of aromatic nitrogens is 2. The molecule has 15 aromatic rings. The summed E-state index contributed by atoms with van der Waals surface area (Å²) < 4.78 is 105. The fourth-order valence-electron chi connectivity index (χ4n) is 20.2. The van der Waals surface area contributed by atoms with Gasteiger partial charge in [0.1, 0.15) is 0 Å². The molecule has 0 saturated carbocycles. The maximum atomic E-state index is 12.0. The summed E-state index contributed by atoms with van der Waals surface area (Å²) in [4.78, 5) is 4.91. The van der Waals surface area contributed by atoms with Gasteiger partial charge in [0.25, 0.3) is 6.71 Å². The van der Waals surface area contributed by atoms with Gasteiger partial charge < -0.3 is 18.9 Å². The average molecular weight is 1790 g/mol. The van der Waals surface area contributed by atoms with Crippen molar-refractivity contribution in [2.24, 2.45) is 0 Å². The molecule has 2 aliphatic heterocycles. The highest BCUT2D eigenvalue weighted by atomic mass is 15.2. The lowest BCUT2D eigenvalue weighted by molar-refractivity contribution is 0.569. The van der Waals surface area contributed by atoms with Gasteiger partial charge in [-0.1, -0.05) is 391 Å². The van der Waals surface area contributed by atoms with Gasteiger partial charge >= 0.3 is 0 Å². The van der Waals surface area contributed by atoms with E-state index in [0.717, 1.165) is 122 Å². The number of benzene rings is 13. The molecule has 0 saturated heterocycles. The SMILES string of the molecule is [2H]c1c([2H])c(C(C)(C)C)c([2H])c([2H])c1-c1c([2H])c(C(C)(C)C)c([2H])c(-c2c([2H])c(C(C)(C)C)c([2H])c([2H])c2C(C)(C)C)c1N1c2cc(-n3c4ccc(C(C)(C)C)cc4c4cc(C(C)(C)C)ccc43)ccc2B2c3ccc(-n4c5ccc(C(C)(C)C)cc5c5cc(C(C)(C)C)ccc54)cc3N(c3c(-c4cc(C(C)(C)C)cc(C(C)(C)C)c4)cc(C(C)(C)C)cc3-c3ccccc3C(C)(C)C)c3cc(C(C)(C)C)cc1c32. The Morgan fingerprint density at radius 2 is 0.548 bits per heavy atom. The lowest BCUT2D eigenvalue weighted by Gasteiger charge is -2.47. The van der Waals surface area contributed by atoms with Gasteiger partial charge in [-0.05, 0) is 291 Å². The van der Waals surface area contributed by atoms with Crippen LogP contribution in [0.25, 0.3) is 99.5 Å². The molecule has 0 bridgehead atoms. The van der Waals surface area contributed by atoms with Crippen molar-refractivity contribution in [1.29, 1.82) is 0 Å². The third kappa shape index (κ3) is 17.3. The lowest BCUT2D eigenvalue weighted by Crippen LogP contribution is -2.61. The van der Waals surface area contributed by atoms with Crippen LogP contribution in [-0.2, 0) is 70.4 Å². The van der Waals surface area contributed by atoms with Crippen LogP contribution in [0.5, 0.6) is 0 Å². The smallest absolute Gasteiger partial charge is 0.252 e. The fourth-order valence-corrected chi connectivity index (χ4v) is 20.2. The first kappa shape index (κ1) is 84.6. The van der Waals surface area contributed by atoms with Gasteiger partial charge in [-0.2, -0.15) is 0 Å². The van der Waals surface area contributed by atoms with Crippen LogP contribution in [0.15, 0.2) is 230 Å². The Labute approximate surface area is 826 Å². The summed E-state index contributed by atoms with van der Waals surface area (Å²) >= 11 is 0. The minimum absolute atomic E-state index is 0.0371. The van der Waals surface area contributed by atoms with E-state index in [1.807, 2.05) is 83.1 Å². The van der Waals surface area contributed by atoms with E-state index in [0.29, 0.717) is 22.5 Å². The van der Waals surface area contributed by atoms with Crippen molar-refractivity contribution >= 4 is 101 Å². The molecule has 0 radical (unpaired) electrons. The van der Waals surface area contributed by atoms with Crippen molar-refractivity contribution in [2.75, 3.05) is 9.80 Å². The maximum Gasteiger partial charge on any atom is 0.252 e. The molecule has 0 amide bonds. The van der Waals surface area contributed by atoms with Crippen molar-refractivity contribution < 1.29 is 12.3 Å². The summed E-state index contributed by atoms with van der Waals surface area (Å²) in [6.45, 7) is 85.3. The topological polar surface area (TPSA) is 16.3 Å². The van der Waals surface area contributed by atoms with Crippen molar-refractivity contribution in [1.82, 2.24) is 9.13 Å². The van der Waals surface area contributed by atoms with Gasteiger partial charge in [0.15, 0.2) is 0 Å². The molecule has 0 fully saturated rings. The Morgan fingerprint density at radius 3 is 0.926 bits per heavy atom. The van der Waals surface area contributed by atoms with E-state index in [4.69, 9.17) is 0 Å². The first-order valence-electron chi connectivity index (χ1n) is 54.1. The molecule has 4 nitrogen and oxygen atoms in total. The summed E-state index contributed by atoms with van der Waals surface area (Å²) in [6.07, 6.45) is 0. The molecule has 4 heterocycles. The van der Waals surface area contributed by atoms with Gasteiger partial charge in [-0.15, -0.1) is 0 Å². The van der Waals surface area contributed by atoms with Gasteiger partial charge in [0, 0.05) is 77.9 Å². The van der Waals surface area contributed by atoms with Crippen LogP contribution >= 0.6 is 0 Å². The monoisotopic (exact) mass is 1790 g/mol. The number of anilines is 6. The van der Waals surface area contributed by atoms with Crippen molar-refractivity contribution in [3.8, 4) is 55.9 Å². The van der Waals surface area contributed by atoms with E-state index in [2.05, 4.69) is 382 Å². The number of fused-ring (bicyclic) bond motifs is 10. The second kappa shape index (κ2) is 31.8. The van der Waals surface area contributed by atoms with Crippen molar-refractivity contribution in [3.05, 3.63) is 303 Å². The lowest BCUT2D eigenvalue weighted by atomic mass is 9.33. The predicted octanol–water partition coefficient (Wildman–Crippen LogP) is 35.5. The summed E-state index contributed by atoms with van der Waals surface area (Å²) in [7, 11) is 0. The van der Waals surface area contributed by atoms with Gasteiger partial charge in [-0.25, -0.2) is 0 Å². The fraction of sp³-hybridized carbons (Fsp3) is 0.400. The van der Waals surface area contributed by atoms with Crippen LogP contribution in [-0.4, -0.2) is 15.8 Å². The Balaban J connectivity index is 1.19. The van der Waals surface area contributed by atoms with Crippen LogP contribution < -0.4 is 26.2 Å². The zero-order valence-corrected chi connectivity index (χ0v) is 89.1. The van der Waals surface area contributed by atoms with E-state index in [1.54, 1.807) is 0 Å². The van der Waals surface area contributed by atoms with Crippen LogP contribution in [0.3, 0.4) is 0 Å². The van der Waals surface area contributed by atoms with Gasteiger partial charge in [0.2, 0.25) is 0 Å². The Morgan fingerprint density at radius 1 is 0.215 bits per heavy atom. The third-order valence-electron chi connectivity index (χ3n) is 28.8. The van der Waals surface area contributed by atoms with E-state index >= 15 is 0 Å². The summed E-state index contributed by atoms with van der Waals surface area (Å²) in [5.74, 6) is 0. The maximum absolute atomic E-state index is 12.0. The Kier molecular flexibility index (Phi) is 20.0. The van der Waals surface area contributed by atoms with Crippen molar-refractivity contribution in [3.63, 3.8) is 0 Å². The number of hydrogen-bond donors (Lipinski definition) is 0. The molecule has 17 rings (SSSR count). The quantitative estimate of drug-likeness (QED) is 0.141. The average Bonchev–Trinajstić information content (AvgIpc) is 0.944. The van der Waals surface area contributed by atoms with Crippen LogP contribution in [0.2, 0.25) is 0 Å². The zero-order valence-electron chi connectivity index (χ0n) is 98.1. The molecular formula is C130H155BN4. The number of rotatable bonds is 8. The Hall–Kier alpha value is -10.9. The standard InChI is InChI=1S/C130H155BN4/c1-118(2,3)80-46-44-78(45-47-80)94-70-88(126(25,26)27)73-102(96-65-81(119(4,5)6)48-55-104(96)130(37,38)39)116(94)134-111-76-91(132-107-58-49-82(120(7,8)9)66-97(107)98-67-83(121(10,11)12)50-59-108(98)132)53-56-105(111)131-106-57-54-92(133-109-60-51-84(122(13,14)15)68-99(109)100-69-85(123(16,17)18)52-61-110(100)133)77-112(106)135(114-75-90(128(31,32)33)74-113(134)115(114)131)117-95(79-62-86(124(19,20)21)64-87(63-79)125(22,23)24)71-89(127(28,29)30)72-101(117)93-42-40-41-43-103(93)129(34,35)36/h40-77H,1-39H3/i44D,45D,46D,47D,48D,55D,65D,70D,73D. The Bertz CT molecular complexity index is 7680. The van der Waals surface area contributed by atoms with Gasteiger partial charge in [-0.3, -0.25) is 0 Å². The molecule has 698 valence electrons. The summed E-state index contributed by atoms with van der Waals surface area (Å²) in [6, 6.07) is 66.8. The third-order valence-corrected chi connectivity index (χ3v) is 28.8. The van der Waals surface area contributed by atoms with Crippen molar-refractivity contribution in [2.45, 2.75) is 340 Å². The molecule has 0 unspecified atom stereocenters. The minimum Gasteiger partial charge on any atom is -0.310 e. The molecule has 2 aliphatic rings. The van der Waals surface area contributed by atoms with Gasteiger partial charge in [0.05, 0.1) is 45.8 Å². The highest BCUT2D eigenvalue weighted by Crippen LogP contribution is 2.59. The second-order valence-corrected chi connectivity index (χ2v) is 53.1. The summed E-state index contributed by atoms with van der Waals surface area (Å²) in [5.41, 5.74) is 22.0. The number of nitrogens with zero attached hydrogens (tertiary/aromatic N) is 4. The molecule has 0 N–H and O–H groups in total. The molecule has 5 heteroatoms. The molecule has 0 aliphatic carbocycles. The first-order chi connectivity index (χ1) is 65.9. The molecule has 135 heavy (non-hydrogen) atoms. The van der Waals surface area contributed by atoms with E-state index in [9.17, 15) is 12.3 Å². The molecule has 2 aromatic heterocycles. The highest BCUT2D eigenvalue weighted by Gasteiger charge is 2.48. The first-order valence-corrected chi connectivity index (χ1v) is 49.6. The van der Waals surface area contributed by atoms with Crippen LogP contribution in [0, 0.1) is 0 Å².